The van der Waals surface area contributed by atoms with Crippen molar-refractivity contribution < 1.29 is 10.1 Å². The standard InChI is InChI=1S/C7H5N3O3/c8-4-5-1-2-7(10(12)13)6(3-5)9-11/h1-3,9,11H. The third kappa shape index (κ3) is 1.72. The fourth-order valence-corrected chi connectivity index (χ4v) is 0.854. The van der Waals surface area contributed by atoms with Crippen LogP contribution in [-0.4, -0.2) is 10.1 Å². The molecule has 0 bridgehead atoms. The van der Waals surface area contributed by atoms with Gasteiger partial charge in [-0.3, -0.25) is 20.8 Å². The molecule has 0 radical (unpaired) electrons. The number of hydrogen-bond acceptors (Lipinski definition) is 5. The third-order valence-electron chi connectivity index (χ3n) is 1.44. The predicted molar refractivity (Wildman–Crippen MR) is 43.2 cm³/mol. The van der Waals surface area contributed by atoms with Crippen LogP contribution in [0, 0.1) is 21.4 Å². The van der Waals surface area contributed by atoms with Crippen molar-refractivity contribution in [3.05, 3.63) is 33.9 Å². The lowest BCUT2D eigenvalue weighted by Crippen LogP contribution is -1.97. The van der Waals surface area contributed by atoms with Gasteiger partial charge in [0.15, 0.2) is 0 Å². The summed E-state index contributed by atoms with van der Waals surface area (Å²) in [5.74, 6) is 0. The Morgan fingerprint density at radius 3 is 2.77 bits per heavy atom. The average molecular weight is 179 g/mol. The van der Waals surface area contributed by atoms with Crippen LogP contribution in [-0.2, 0) is 0 Å². The quantitative estimate of drug-likeness (QED) is 0.526. The van der Waals surface area contributed by atoms with Crippen LogP contribution in [0.15, 0.2) is 18.2 Å². The summed E-state index contributed by atoms with van der Waals surface area (Å²) in [7, 11) is 0. The molecular weight excluding hydrogens is 174 g/mol. The van der Waals surface area contributed by atoms with Crippen LogP contribution in [0.25, 0.3) is 0 Å². The minimum absolute atomic E-state index is 0.0935. The highest BCUT2D eigenvalue weighted by Gasteiger charge is 2.12. The first kappa shape index (κ1) is 8.96. The molecule has 0 aliphatic carbocycles. The molecule has 0 fully saturated rings. The largest absolute Gasteiger partial charge is 0.294 e. The van der Waals surface area contributed by atoms with Gasteiger partial charge in [0.2, 0.25) is 0 Å². The highest BCUT2D eigenvalue weighted by atomic mass is 16.6. The molecule has 0 spiro atoms. The molecule has 13 heavy (non-hydrogen) atoms. The van der Waals surface area contributed by atoms with Crippen molar-refractivity contribution in [2.75, 3.05) is 5.48 Å². The van der Waals surface area contributed by atoms with E-state index in [4.69, 9.17) is 10.5 Å². The van der Waals surface area contributed by atoms with E-state index < -0.39 is 4.92 Å². The molecule has 0 aromatic heterocycles. The molecule has 0 unspecified atom stereocenters. The van der Waals surface area contributed by atoms with Crippen LogP contribution in [0.4, 0.5) is 11.4 Å². The second-order valence-electron chi connectivity index (χ2n) is 2.21. The van der Waals surface area contributed by atoms with Gasteiger partial charge in [-0.05, 0) is 12.1 Å². The number of nitrogens with one attached hydrogen (secondary N) is 1. The Morgan fingerprint density at radius 2 is 2.31 bits per heavy atom. The van der Waals surface area contributed by atoms with E-state index in [9.17, 15) is 10.1 Å². The van der Waals surface area contributed by atoms with Gasteiger partial charge in [0.1, 0.15) is 5.69 Å². The van der Waals surface area contributed by atoms with Gasteiger partial charge in [-0.15, -0.1) is 0 Å². The maximum atomic E-state index is 10.4. The van der Waals surface area contributed by atoms with E-state index in [2.05, 4.69) is 0 Å². The van der Waals surface area contributed by atoms with Crippen molar-refractivity contribution >= 4 is 11.4 Å². The Labute approximate surface area is 73.1 Å². The molecule has 0 saturated carbocycles. The van der Waals surface area contributed by atoms with Gasteiger partial charge in [0.05, 0.1) is 16.6 Å². The molecule has 6 nitrogen and oxygen atoms in total. The fraction of sp³-hybridized carbons (Fsp3) is 0. The van der Waals surface area contributed by atoms with Gasteiger partial charge in [-0.25, -0.2) is 0 Å². The summed E-state index contributed by atoms with van der Waals surface area (Å²) in [5, 5.41) is 27.3. The molecule has 0 aliphatic heterocycles. The van der Waals surface area contributed by atoms with Gasteiger partial charge in [-0.1, -0.05) is 0 Å². The molecule has 0 saturated heterocycles. The van der Waals surface area contributed by atoms with Crippen LogP contribution < -0.4 is 5.48 Å². The first-order valence-corrected chi connectivity index (χ1v) is 3.27. The molecule has 1 rings (SSSR count). The van der Waals surface area contributed by atoms with E-state index in [1.54, 1.807) is 11.5 Å². The van der Waals surface area contributed by atoms with E-state index >= 15 is 0 Å². The minimum Gasteiger partial charge on any atom is -0.291 e. The topological polar surface area (TPSA) is 99.2 Å². The van der Waals surface area contributed by atoms with E-state index in [0.717, 1.165) is 6.07 Å². The number of nitro benzene ring substituents is 1. The Kier molecular flexibility index (Phi) is 2.42. The molecule has 1 aromatic rings. The van der Waals surface area contributed by atoms with E-state index in [0.29, 0.717) is 0 Å². The van der Waals surface area contributed by atoms with Crippen molar-refractivity contribution in [3.8, 4) is 6.07 Å². The Balaban J connectivity index is 3.25. The summed E-state index contributed by atoms with van der Waals surface area (Å²) < 4.78 is 0. The summed E-state index contributed by atoms with van der Waals surface area (Å²) in [5.41, 5.74) is 1.53. The molecule has 66 valence electrons. The number of nitro groups is 1. The SMILES string of the molecule is N#Cc1ccc([N+](=O)[O-])c(NO)c1. The Morgan fingerprint density at radius 1 is 1.62 bits per heavy atom. The van der Waals surface area contributed by atoms with Gasteiger partial charge in [-0.2, -0.15) is 5.26 Å². The van der Waals surface area contributed by atoms with Crippen LogP contribution in [0.2, 0.25) is 0 Å². The molecule has 0 aliphatic rings. The van der Waals surface area contributed by atoms with E-state index in [-0.39, 0.29) is 16.9 Å². The second-order valence-corrected chi connectivity index (χ2v) is 2.21. The van der Waals surface area contributed by atoms with Crippen molar-refractivity contribution in [1.29, 1.82) is 5.26 Å². The number of nitriles is 1. The van der Waals surface area contributed by atoms with Crippen LogP contribution in [0.1, 0.15) is 5.56 Å². The minimum atomic E-state index is -0.653. The zero-order chi connectivity index (χ0) is 9.84. The summed E-state index contributed by atoms with van der Waals surface area (Å²) in [6.07, 6.45) is 0. The molecule has 1 aromatic carbocycles. The molecular formula is C7H5N3O3. The lowest BCUT2D eigenvalue weighted by molar-refractivity contribution is -0.384. The summed E-state index contributed by atoms with van der Waals surface area (Å²) in [6.45, 7) is 0. The second kappa shape index (κ2) is 3.51. The first-order valence-electron chi connectivity index (χ1n) is 3.27. The monoisotopic (exact) mass is 179 g/mol. The molecule has 0 atom stereocenters. The summed E-state index contributed by atoms with van der Waals surface area (Å²) in [6, 6.07) is 5.44. The van der Waals surface area contributed by atoms with E-state index in [1.165, 1.54) is 12.1 Å². The first-order chi connectivity index (χ1) is 6.19. The van der Waals surface area contributed by atoms with Crippen molar-refractivity contribution in [2.24, 2.45) is 0 Å². The average Bonchev–Trinajstić information content (AvgIpc) is 2.16. The normalized spacial score (nSPS) is 8.92. The maximum Gasteiger partial charge on any atom is 0.294 e. The smallest absolute Gasteiger partial charge is 0.291 e. The predicted octanol–water partition coefficient (Wildman–Crippen LogP) is 1.27. The number of nitrogens with zero attached hydrogens (tertiary/aromatic N) is 2. The number of anilines is 1. The van der Waals surface area contributed by atoms with Crippen LogP contribution in [0.3, 0.4) is 0 Å². The molecule has 0 heterocycles. The lowest BCUT2D eigenvalue weighted by Gasteiger charge is -1.99. The molecule has 0 amide bonds. The van der Waals surface area contributed by atoms with Crippen LogP contribution in [0.5, 0.6) is 0 Å². The van der Waals surface area contributed by atoms with Gasteiger partial charge < -0.3 is 0 Å². The zero-order valence-corrected chi connectivity index (χ0v) is 6.39. The molecule has 2 N–H and O–H groups in total. The number of benzene rings is 1. The number of rotatable bonds is 2. The Hall–Kier alpha value is -2.13. The highest BCUT2D eigenvalue weighted by Crippen LogP contribution is 2.24. The third-order valence-corrected chi connectivity index (χ3v) is 1.44. The van der Waals surface area contributed by atoms with Crippen molar-refractivity contribution in [2.45, 2.75) is 0 Å². The summed E-state index contributed by atoms with van der Waals surface area (Å²) in [4.78, 5) is 9.70. The zero-order valence-electron chi connectivity index (χ0n) is 6.39. The van der Waals surface area contributed by atoms with Crippen LogP contribution >= 0.6 is 0 Å². The van der Waals surface area contributed by atoms with E-state index in [1.807, 2.05) is 0 Å². The Bertz CT molecular complexity index is 383. The van der Waals surface area contributed by atoms with Gasteiger partial charge >= 0.3 is 0 Å². The fourth-order valence-electron chi connectivity index (χ4n) is 0.854. The van der Waals surface area contributed by atoms with Crippen molar-refractivity contribution in [1.82, 2.24) is 0 Å². The van der Waals surface area contributed by atoms with Gasteiger partial charge in [0, 0.05) is 6.07 Å². The lowest BCUT2D eigenvalue weighted by atomic mass is 10.2. The van der Waals surface area contributed by atoms with Gasteiger partial charge in [0.25, 0.3) is 5.69 Å². The summed E-state index contributed by atoms with van der Waals surface area (Å²) >= 11 is 0. The number of hydrogen-bond donors (Lipinski definition) is 2. The van der Waals surface area contributed by atoms with Crippen molar-refractivity contribution in [3.63, 3.8) is 0 Å². The molecule has 6 heteroatoms. The highest BCUT2D eigenvalue weighted by molar-refractivity contribution is 5.62. The maximum absolute atomic E-state index is 10.4.